The van der Waals surface area contributed by atoms with Crippen molar-refractivity contribution in [2.75, 3.05) is 39.5 Å². The Hall–Kier alpha value is -2.89. The summed E-state index contributed by atoms with van der Waals surface area (Å²) >= 11 is 0. The van der Waals surface area contributed by atoms with Crippen LogP contribution in [-0.2, 0) is 35.0 Å². The van der Waals surface area contributed by atoms with Gasteiger partial charge in [-0.2, -0.15) is 0 Å². The van der Waals surface area contributed by atoms with Crippen LogP contribution in [0, 0.1) is 0 Å². The lowest BCUT2D eigenvalue weighted by Crippen LogP contribution is -2.60. The van der Waals surface area contributed by atoms with E-state index in [1.54, 1.807) is 6.92 Å². The maximum absolute atomic E-state index is 12.2. The Morgan fingerprint density at radius 1 is 0.911 bits per heavy atom. The Kier molecular flexibility index (Phi) is 17.9. The van der Waals surface area contributed by atoms with Crippen molar-refractivity contribution in [2.45, 2.75) is 94.9 Å². The highest BCUT2D eigenvalue weighted by Gasteiger charge is 2.45. The number of hydrogen-bond acceptors (Lipinski definition) is 12. The van der Waals surface area contributed by atoms with Crippen LogP contribution in [0.1, 0.15) is 45.1 Å². The molecule has 0 saturated carbocycles. The molecule has 1 aliphatic heterocycles. The van der Waals surface area contributed by atoms with Crippen molar-refractivity contribution in [3.63, 3.8) is 0 Å². The largest absolute Gasteiger partial charge is 0.447 e. The van der Waals surface area contributed by atoms with E-state index in [0.717, 1.165) is 5.56 Å². The first kappa shape index (κ1) is 38.3. The van der Waals surface area contributed by atoms with Crippen LogP contribution in [-0.4, -0.2) is 132 Å². The molecule has 15 heteroatoms. The Morgan fingerprint density at radius 2 is 1.60 bits per heavy atom. The molecule has 1 saturated heterocycles. The molecule has 0 aliphatic carbocycles. The molecule has 1 aromatic rings. The molecule has 3 amide bonds. The van der Waals surface area contributed by atoms with Crippen molar-refractivity contribution in [3.8, 4) is 0 Å². The van der Waals surface area contributed by atoms with Crippen LogP contribution in [0.25, 0.3) is 0 Å². The van der Waals surface area contributed by atoms with Gasteiger partial charge in [0.25, 0.3) is 0 Å². The van der Waals surface area contributed by atoms with Gasteiger partial charge in [0, 0.05) is 19.5 Å². The van der Waals surface area contributed by atoms with Crippen LogP contribution in [0.15, 0.2) is 30.3 Å². The molecule has 2 unspecified atom stereocenters. The second kappa shape index (κ2) is 21.0. The minimum absolute atomic E-state index is 0.0926. The highest BCUT2D eigenvalue weighted by Crippen LogP contribution is 2.23. The topological polar surface area (TPSA) is 225 Å². The number of ether oxygens (including phenoxy) is 4. The summed E-state index contributed by atoms with van der Waals surface area (Å²) in [7, 11) is 0. The molecule has 0 spiro atoms. The first-order valence-electron chi connectivity index (χ1n) is 15.3. The molecule has 0 bridgehead atoms. The molecular formula is C30H49N3O12. The fourth-order valence-corrected chi connectivity index (χ4v) is 4.50. The quantitative estimate of drug-likeness (QED) is 0.0778. The Bertz CT molecular complexity index is 1000. The molecule has 0 radical (unpaired) electrons. The van der Waals surface area contributed by atoms with Gasteiger partial charge in [0.05, 0.1) is 38.4 Å². The molecule has 8 atom stereocenters. The average Bonchev–Trinajstić information content (AvgIpc) is 3.02. The van der Waals surface area contributed by atoms with Gasteiger partial charge in [0.15, 0.2) is 6.29 Å². The zero-order valence-corrected chi connectivity index (χ0v) is 25.9. The minimum Gasteiger partial charge on any atom is -0.447 e. The van der Waals surface area contributed by atoms with Gasteiger partial charge in [-0.15, -0.1) is 0 Å². The summed E-state index contributed by atoms with van der Waals surface area (Å²) in [4.78, 5) is 36.2. The molecule has 1 aromatic carbocycles. The van der Waals surface area contributed by atoms with Crippen LogP contribution in [0.3, 0.4) is 0 Å². The van der Waals surface area contributed by atoms with Crippen molar-refractivity contribution < 1.29 is 58.9 Å². The summed E-state index contributed by atoms with van der Waals surface area (Å²) in [6, 6.07) is 8.26. The molecule has 0 aromatic heterocycles. The standard InChI is InChI=1S/C30H49N3O12/c1-3-8-21(34)25(37)20(33-23(35)9-4-2)17-43-29-28(40)27(39)26(38)22(45-29)18-44-30(41)32-13-15-42-14-12-31-24(36)16-19-10-6-5-7-11-19/h5-7,10-11,20-22,25-29,34,37-40H,3-4,8-9,12-18H2,1-2H3,(H,31,36)(H,32,41)(H,33,35)/t20-,21+,22?,25-,26-,27?,28-,29-/m0/s1. The average molecular weight is 644 g/mol. The van der Waals surface area contributed by atoms with Crippen LogP contribution >= 0.6 is 0 Å². The number of amides is 3. The van der Waals surface area contributed by atoms with E-state index in [2.05, 4.69) is 16.0 Å². The van der Waals surface area contributed by atoms with E-state index < -0.39 is 68.3 Å². The van der Waals surface area contributed by atoms with E-state index in [-0.39, 0.29) is 50.8 Å². The predicted octanol–water partition coefficient (Wildman–Crippen LogP) is -1.28. The predicted molar refractivity (Wildman–Crippen MR) is 160 cm³/mol. The fraction of sp³-hybridized carbons (Fsp3) is 0.700. The van der Waals surface area contributed by atoms with Crippen LogP contribution in [0.2, 0.25) is 0 Å². The molecule has 1 aliphatic rings. The molecular weight excluding hydrogens is 594 g/mol. The van der Waals surface area contributed by atoms with Gasteiger partial charge in [-0.05, 0) is 18.4 Å². The SMILES string of the molecule is CCCC(=O)N[C@@H](CO[C@H]1OC(COC(=O)NCCOCCNC(=O)Cc2ccccc2)[C@H](O)C(O)[C@@H]1O)[C@H](O)[C@H](O)CCC. The Labute approximate surface area is 263 Å². The fourth-order valence-electron chi connectivity index (χ4n) is 4.50. The Morgan fingerprint density at radius 3 is 2.27 bits per heavy atom. The number of aliphatic hydroxyl groups is 5. The van der Waals surface area contributed by atoms with Gasteiger partial charge in [-0.1, -0.05) is 50.6 Å². The third kappa shape index (κ3) is 14.0. The number of alkyl carbamates (subject to hydrolysis) is 1. The molecule has 8 N–H and O–H groups in total. The zero-order chi connectivity index (χ0) is 33.2. The van der Waals surface area contributed by atoms with Crippen molar-refractivity contribution in [3.05, 3.63) is 35.9 Å². The second-order valence-electron chi connectivity index (χ2n) is 10.8. The maximum Gasteiger partial charge on any atom is 0.407 e. The number of nitrogens with one attached hydrogen (secondary N) is 3. The number of carbonyl (C=O) groups excluding carboxylic acids is 3. The summed E-state index contributed by atoms with van der Waals surface area (Å²) in [5, 5.41) is 59.7. The van der Waals surface area contributed by atoms with E-state index in [0.29, 0.717) is 19.4 Å². The zero-order valence-electron chi connectivity index (χ0n) is 25.9. The Balaban J connectivity index is 1.74. The summed E-state index contributed by atoms with van der Waals surface area (Å²) in [5.74, 6) is -0.506. The van der Waals surface area contributed by atoms with Crippen LogP contribution < -0.4 is 16.0 Å². The third-order valence-electron chi connectivity index (χ3n) is 6.99. The maximum atomic E-state index is 12.2. The molecule has 15 nitrogen and oxygen atoms in total. The number of carbonyl (C=O) groups is 3. The van der Waals surface area contributed by atoms with Crippen LogP contribution in [0.5, 0.6) is 0 Å². The smallest absolute Gasteiger partial charge is 0.407 e. The summed E-state index contributed by atoms with van der Waals surface area (Å²) in [5.41, 5.74) is 0.901. The highest BCUT2D eigenvalue weighted by molar-refractivity contribution is 5.78. The molecule has 45 heavy (non-hydrogen) atoms. The van der Waals surface area contributed by atoms with Crippen LogP contribution in [0.4, 0.5) is 4.79 Å². The number of rotatable bonds is 20. The summed E-state index contributed by atoms with van der Waals surface area (Å²) in [6.45, 7) is 3.50. The van der Waals surface area contributed by atoms with Gasteiger partial charge >= 0.3 is 6.09 Å². The molecule has 2 rings (SSSR count). The van der Waals surface area contributed by atoms with E-state index in [1.807, 2.05) is 37.3 Å². The van der Waals surface area contributed by atoms with Crippen molar-refractivity contribution >= 4 is 17.9 Å². The normalized spacial score (nSPS) is 23.4. The lowest BCUT2D eigenvalue weighted by Gasteiger charge is -2.40. The minimum atomic E-state index is -1.72. The molecule has 1 fully saturated rings. The summed E-state index contributed by atoms with van der Waals surface area (Å²) < 4.78 is 21.6. The van der Waals surface area contributed by atoms with E-state index in [9.17, 15) is 39.9 Å². The molecule has 256 valence electrons. The van der Waals surface area contributed by atoms with Gasteiger partial charge < -0.3 is 60.4 Å². The van der Waals surface area contributed by atoms with Gasteiger partial charge in [-0.25, -0.2) is 4.79 Å². The number of aliphatic hydroxyl groups excluding tert-OH is 5. The first-order valence-corrected chi connectivity index (χ1v) is 15.3. The van der Waals surface area contributed by atoms with E-state index in [1.165, 1.54) is 0 Å². The van der Waals surface area contributed by atoms with E-state index in [4.69, 9.17) is 18.9 Å². The van der Waals surface area contributed by atoms with Crippen molar-refractivity contribution in [1.29, 1.82) is 0 Å². The van der Waals surface area contributed by atoms with Gasteiger partial charge in [0.1, 0.15) is 37.1 Å². The monoisotopic (exact) mass is 643 g/mol. The van der Waals surface area contributed by atoms with Gasteiger partial charge in [-0.3, -0.25) is 9.59 Å². The number of benzene rings is 1. The lowest BCUT2D eigenvalue weighted by molar-refractivity contribution is -0.302. The van der Waals surface area contributed by atoms with Crippen molar-refractivity contribution in [1.82, 2.24) is 16.0 Å². The third-order valence-corrected chi connectivity index (χ3v) is 6.99. The number of hydrogen-bond donors (Lipinski definition) is 8. The van der Waals surface area contributed by atoms with Crippen molar-refractivity contribution in [2.24, 2.45) is 0 Å². The lowest BCUT2D eigenvalue weighted by atomic mass is 9.99. The van der Waals surface area contributed by atoms with E-state index >= 15 is 0 Å². The summed E-state index contributed by atoms with van der Waals surface area (Å²) in [6.07, 6.45) is -9.35. The molecule has 1 heterocycles. The first-order chi connectivity index (χ1) is 21.6. The second-order valence-corrected chi connectivity index (χ2v) is 10.8. The highest BCUT2D eigenvalue weighted by atomic mass is 16.7. The van der Waals surface area contributed by atoms with Gasteiger partial charge in [0.2, 0.25) is 11.8 Å².